The van der Waals surface area contributed by atoms with E-state index in [4.69, 9.17) is 15.2 Å². The molecule has 2 unspecified atom stereocenters. The van der Waals surface area contributed by atoms with Gasteiger partial charge in [-0.15, -0.1) is 11.3 Å². The second-order valence-corrected chi connectivity index (χ2v) is 10.8. The second-order valence-electron chi connectivity index (χ2n) is 9.90. The summed E-state index contributed by atoms with van der Waals surface area (Å²) < 4.78 is 10.6. The first kappa shape index (κ1) is 26.6. The van der Waals surface area contributed by atoms with Crippen LogP contribution in [0.25, 0.3) is 10.4 Å². The van der Waals surface area contributed by atoms with Gasteiger partial charge in [-0.05, 0) is 25.0 Å². The van der Waals surface area contributed by atoms with E-state index in [1.807, 2.05) is 43.6 Å². The first-order valence-corrected chi connectivity index (χ1v) is 12.4. The normalized spacial score (nSPS) is 19.8. The van der Waals surface area contributed by atoms with E-state index in [2.05, 4.69) is 10.3 Å². The van der Waals surface area contributed by atoms with Crippen molar-refractivity contribution in [2.45, 2.75) is 65.3 Å². The van der Waals surface area contributed by atoms with E-state index < -0.39 is 29.6 Å². The van der Waals surface area contributed by atoms with Crippen LogP contribution < -0.4 is 11.1 Å². The summed E-state index contributed by atoms with van der Waals surface area (Å²) >= 11 is 1.59. The van der Waals surface area contributed by atoms with Crippen LogP contribution in [-0.2, 0) is 19.1 Å². The van der Waals surface area contributed by atoms with Gasteiger partial charge in [0, 0.05) is 25.5 Å². The molecular formula is C25H34N4O5S. The quantitative estimate of drug-likeness (QED) is 0.598. The highest BCUT2D eigenvalue weighted by Gasteiger charge is 2.46. The average Bonchev–Trinajstić information content (AvgIpc) is 3.42. The molecule has 1 aromatic carbocycles. The molecule has 1 saturated heterocycles. The fraction of sp³-hybridized carbons (Fsp3) is 0.520. The summed E-state index contributed by atoms with van der Waals surface area (Å²) in [4.78, 5) is 45.0. The van der Waals surface area contributed by atoms with Gasteiger partial charge < -0.3 is 25.4 Å². The molecule has 35 heavy (non-hydrogen) atoms. The Labute approximate surface area is 210 Å². The smallest absolute Gasteiger partial charge is 0.405 e. The number of amides is 3. The first-order valence-electron chi connectivity index (χ1n) is 11.5. The summed E-state index contributed by atoms with van der Waals surface area (Å²) in [5.74, 6) is -0.757. The molecule has 2 aromatic rings. The van der Waals surface area contributed by atoms with Crippen molar-refractivity contribution in [1.29, 1.82) is 0 Å². The standard InChI is InChI=1S/C25H34N4O5S/c1-14(16-7-9-17(10-8-16)20-15(2)27-13-35-20)28-22(30)19-11-18(33-6)12-29(19)23(31)21(25(3,4)5)34-24(26)32/h7-10,13-14,18-19,21H,11-12H2,1-6H3,(H2,26,32)(H,28,30)/t14?,18-,19+,21?/m1/s1. The Kier molecular flexibility index (Phi) is 8.17. The number of hydrogen-bond acceptors (Lipinski definition) is 7. The van der Waals surface area contributed by atoms with Crippen LogP contribution in [0.15, 0.2) is 29.8 Å². The van der Waals surface area contributed by atoms with Gasteiger partial charge in [-0.25, -0.2) is 9.78 Å². The molecular weight excluding hydrogens is 468 g/mol. The van der Waals surface area contributed by atoms with E-state index in [9.17, 15) is 14.4 Å². The van der Waals surface area contributed by atoms with Crippen LogP contribution in [0, 0.1) is 12.3 Å². The van der Waals surface area contributed by atoms with Gasteiger partial charge in [0.2, 0.25) is 5.91 Å². The molecule has 1 aliphatic heterocycles. The number of likely N-dealkylation sites (tertiary alicyclic amines) is 1. The summed E-state index contributed by atoms with van der Waals surface area (Å²) in [5.41, 5.74) is 9.33. The molecule has 1 aliphatic rings. The number of nitrogens with one attached hydrogen (secondary N) is 1. The number of carbonyl (C=O) groups excluding carboxylic acids is 3. The van der Waals surface area contributed by atoms with Gasteiger partial charge in [0.15, 0.2) is 6.10 Å². The Hall–Kier alpha value is -2.98. The molecule has 4 atom stereocenters. The van der Waals surface area contributed by atoms with Gasteiger partial charge >= 0.3 is 6.09 Å². The molecule has 10 heteroatoms. The number of nitrogens with two attached hydrogens (primary N) is 1. The van der Waals surface area contributed by atoms with Crippen molar-refractivity contribution in [2.75, 3.05) is 13.7 Å². The van der Waals surface area contributed by atoms with E-state index in [1.165, 1.54) is 4.90 Å². The lowest BCUT2D eigenvalue weighted by molar-refractivity contribution is -0.150. The minimum absolute atomic E-state index is 0.222. The first-order chi connectivity index (χ1) is 16.4. The molecule has 0 radical (unpaired) electrons. The maximum atomic E-state index is 13.4. The largest absolute Gasteiger partial charge is 0.436 e. The monoisotopic (exact) mass is 502 g/mol. The van der Waals surface area contributed by atoms with Crippen LogP contribution in [0.1, 0.15) is 51.4 Å². The summed E-state index contributed by atoms with van der Waals surface area (Å²) in [6.07, 6.45) is -2.11. The molecule has 0 spiro atoms. The third kappa shape index (κ3) is 6.18. The highest BCUT2D eigenvalue weighted by atomic mass is 32.1. The van der Waals surface area contributed by atoms with E-state index in [0.717, 1.165) is 21.7 Å². The molecule has 3 amide bonds. The lowest BCUT2D eigenvalue weighted by Gasteiger charge is -2.34. The van der Waals surface area contributed by atoms with Gasteiger partial charge in [0.1, 0.15) is 6.04 Å². The van der Waals surface area contributed by atoms with Crippen molar-refractivity contribution >= 4 is 29.2 Å². The number of primary amides is 1. The number of hydrogen-bond donors (Lipinski definition) is 2. The third-order valence-corrected chi connectivity index (χ3v) is 7.18. The zero-order valence-corrected chi connectivity index (χ0v) is 21.8. The number of thiazole rings is 1. The number of aromatic nitrogens is 1. The Morgan fingerprint density at radius 2 is 1.89 bits per heavy atom. The maximum absolute atomic E-state index is 13.4. The van der Waals surface area contributed by atoms with E-state index in [1.54, 1.807) is 39.2 Å². The van der Waals surface area contributed by atoms with Crippen LogP contribution in [0.3, 0.4) is 0 Å². The van der Waals surface area contributed by atoms with Crippen molar-refractivity contribution in [3.8, 4) is 10.4 Å². The number of rotatable bonds is 7. The van der Waals surface area contributed by atoms with Crippen molar-refractivity contribution < 1.29 is 23.9 Å². The lowest BCUT2D eigenvalue weighted by atomic mass is 9.88. The lowest BCUT2D eigenvalue weighted by Crippen LogP contribution is -2.53. The van der Waals surface area contributed by atoms with Crippen LogP contribution in [0.5, 0.6) is 0 Å². The SMILES string of the molecule is CO[C@@H]1C[C@@H](C(=O)NC(C)c2ccc(-c3scnc3C)cc2)N(C(=O)C(OC(N)=O)C(C)(C)C)C1. The molecule has 2 heterocycles. The van der Waals surface area contributed by atoms with Crippen molar-refractivity contribution in [2.24, 2.45) is 11.1 Å². The van der Waals surface area contributed by atoms with Crippen LogP contribution in [-0.4, -0.2) is 59.7 Å². The molecule has 1 fully saturated rings. The molecule has 0 bridgehead atoms. The van der Waals surface area contributed by atoms with E-state index in [0.29, 0.717) is 6.42 Å². The Morgan fingerprint density at radius 1 is 1.23 bits per heavy atom. The van der Waals surface area contributed by atoms with Crippen molar-refractivity contribution in [3.63, 3.8) is 0 Å². The summed E-state index contributed by atoms with van der Waals surface area (Å²) in [6, 6.07) is 6.95. The Bertz CT molecular complexity index is 1060. The van der Waals surface area contributed by atoms with Crippen LogP contribution in [0.2, 0.25) is 0 Å². The summed E-state index contributed by atoms with van der Waals surface area (Å²) in [6.45, 7) is 9.42. The van der Waals surface area contributed by atoms with Crippen molar-refractivity contribution in [3.05, 3.63) is 41.0 Å². The van der Waals surface area contributed by atoms with Gasteiger partial charge in [0.25, 0.3) is 5.91 Å². The maximum Gasteiger partial charge on any atom is 0.405 e. The number of carbonyl (C=O) groups is 3. The fourth-order valence-corrected chi connectivity index (χ4v) is 5.03. The van der Waals surface area contributed by atoms with E-state index >= 15 is 0 Å². The Morgan fingerprint density at radius 3 is 2.40 bits per heavy atom. The van der Waals surface area contributed by atoms with Gasteiger partial charge in [-0.2, -0.15) is 0 Å². The van der Waals surface area contributed by atoms with Gasteiger partial charge in [-0.3, -0.25) is 9.59 Å². The number of nitrogens with zero attached hydrogens (tertiary/aromatic N) is 2. The highest BCUT2D eigenvalue weighted by Crippen LogP contribution is 2.30. The van der Waals surface area contributed by atoms with Crippen molar-refractivity contribution in [1.82, 2.24) is 15.2 Å². The summed E-state index contributed by atoms with van der Waals surface area (Å²) in [7, 11) is 1.55. The molecule has 3 N–H and O–H groups in total. The third-order valence-electron chi connectivity index (χ3n) is 6.20. The minimum Gasteiger partial charge on any atom is -0.436 e. The predicted octanol–water partition coefficient (Wildman–Crippen LogP) is 3.42. The summed E-state index contributed by atoms with van der Waals surface area (Å²) in [5, 5.41) is 3.02. The molecule has 3 rings (SSSR count). The second kappa shape index (κ2) is 10.7. The minimum atomic E-state index is -1.12. The average molecular weight is 503 g/mol. The predicted molar refractivity (Wildman–Crippen MR) is 134 cm³/mol. The number of aryl methyl sites for hydroxylation is 1. The molecule has 1 aromatic heterocycles. The molecule has 190 valence electrons. The van der Waals surface area contributed by atoms with Gasteiger partial charge in [0.05, 0.1) is 28.2 Å². The Balaban J connectivity index is 1.75. The zero-order chi connectivity index (χ0) is 25.9. The molecule has 0 aliphatic carbocycles. The number of ether oxygens (including phenoxy) is 2. The van der Waals surface area contributed by atoms with Crippen LogP contribution in [0.4, 0.5) is 4.79 Å². The van der Waals surface area contributed by atoms with Gasteiger partial charge in [-0.1, -0.05) is 45.0 Å². The number of methoxy groups -OCH3 is 1. The van der Waals surface area contributed by atoms with Crippen LogP contribution >= 0.6 is 11.3 Å². The molecule has 0 saturated carbocycles. The fourth-order valence-electron chi connectivity index (χ4n) is 4.22. The zero-order valence-electron chi connectivity index (χ0n) is 21.0. The number of benzene rings is 1. The van der Waals surface area contributed by atoms with E-state index in [-0.39, 0.29) is 24.6 Å². The molecule has 9 nitrogen and oxygen atoms in total. The highest BCUT2D eigenvalue weighted by molar-refractivity contribution is 7.13. The topological polar surface area (TPSA) is 124 Å².